The maximum atomic E-state index is 4.65. The molecule has 1 aromatic carbocycles. The van der Waals surface area contributed by atoms with Gasteiger partial charge in [0.1, 0.15) is 0 Å². The van der Waals surface area contributed by atoms with Crippen LogP contribution in [0.3, 0.4) is 0 Å². The number of nitrogens with one attached hydrogen (secondary N) is 1. The Bertz CT molecular complexity index is 340. The summed E-state index contributed by atoms with van der Waals surface area (Å²) in [6, 6.07) is 8.63. The van der Waals surface area contributed by atoms with E-state index in [4.69, 9.17) is 0 Å². The van der Waals surface area contributed by atoms with Crippen LogP contribution in [0.5, 0.6) is 0 Å². The van der Waals surface area contributed by atoms with Gasteiger partial charge < -0.3 is 10.6 Å². The second kappa shape index (κ2) is 4.74. The van der Waals surface area contributed by atoms with Crippen molar-refractivity contribution in [2.45, 2.75) is 18.3 Å². The van der Waals surface area contributed by atoms with Gasteiger partial charge in [0.05, 0.1) is 0 Å². The standard InChI is InChI=1S/C12H15N2.Ac/c1-2-4-11-10(3-1)12(9-14-11)5-7-13-8-6-12;/h1-4,13H,5-9H2;/q-1;. The maximum Gasteiger partial charge on any atom is 0 e. The van der Waals surface area contributed by atoms with Gasteiger partial charge in [0.2, 0.25) is 0 Å². The molecule has 15 heavy (non-hydrogen) atoms. The fraction of sp³-hybridized carbons (Fsp3) is 0.500. The minimum absolute atomic E-state index is 0. The van der Waals surface area contributed by atoms with Gasteiger partial charge in [-0.15, -0.1) is 12.2 Å². The minimum Gasteiger partial charge on any atom is -0.683 e. The summed E-state index contributed by atoms with van der Waals surface area (Å²) in [6.45, 7) is 3.29. The van der Waals surface area contributed by atoms with Gasteiger partial charge in [-0.3, -0.25) is 0 Å². The van der Waals surface area contributed by atoms with Crippen molar-refractivity contribution in [1.82, 2.24) is 5.32 Å². The summed E-state index contributed by atoms with van der Waals surface area (Å²) in [7, 11) is 0. The normalized spacial score (nSPS) is 21.6. The Hall–Kier alpha value is 0.422. The van der Waals surface area contributed by atoms with Gasteiger partial charge in [-0.1, -0.05) is 29.8 Å². The van der Waals surface area contributed by atoms with Crippen molar-refractivity contribution < 1.29 is 44.1 Å². The number of benzene rings is 1. The molecule has 1 saturated heterocycles. The molecular formula is C12H15AcN2-. The van der Waals surface area contributed by atoms with Crippen LogP contribution in [0.2, 0.25) is 0 Å². The molecule has 0 bridgehead atoms. The van der Waals surface area contributed by atoms with E-state index >= 15 is 0 Å². The van der Waals surface area contributed by atoms with Crippen LogP contribution in [0, 0.1) is 44.1 Å². The Labute approximate surface area is 127 Å². The van der Waals surface area contributed by atoms with Crippen LogP contribution in [0.1, 0.15) is 18.4 Å². The summed E-state index contributed by atoms with van der Waals surface area (Å²) in [5.74, 6) is 0. The number of nitrogens with zero attached hydrogens (tertiary/aromatic N) is 1. The molecule has 1 spiro atoms. The van der Waals surface area contributed by atoms with Gasteiger partial charge in [-0.2, -0.15) is 0 Å². The van der Waals surface area contributed by atoms with E-state index in [9.17, 15) is 0 Å². The van der Waals surface area contributed by atoms with Crippen LogP contribution in [0.4, 0.5) is 5.69 Å². The minimum atomic E-state index is 0. The summed E-state index contributed by atoms with van der Waals surface area (Å²) in [5, 5.41) is 8.07. The van der Waals surface area contributed by atoms with E-state index in [1.807, 2.05) is 0 Å². The predicted molar refractivity (Wildman–Crippen MR) is 58.1 cm³/mol. The van der Waals surface area contributed by atoms with Gasteiger partial charge in [-0.05, 0) is 31.3 Å². The molecule has 0 unspecified atom stereocenters. The van der Waals surface area contributed by atoms with Crippen LogP contribution >= 0.6 is 0 Å². The van der Waals surface area contributed by atoms with Gasteiger partial charge in [-0.25, -0.2) is 0 Å². The average Bonchev–Trinajstić information content (AvgIpc) is 2.60. The van der Waals surface area contributed by atoms with E-state index in [0.29, 0.717) is 5.41 Å². The summed E-state index contributed by atoms with van der Waals surface area (Å²) < 4.78 is 0. The molecule has 2 heterocycles. The van der Waals surface area contributed by atoms with Crippen LogP contribution in [0.15, 0.2) is 24.3 Å². The molecule has 3 heteroatoms. The third-order valence-electron chi connectivity index (χ3n) is 3.59. The van der Waals surface area contributed by atoms with E-state index < -0.39 is 0 Å². The first-order valence-electron chi connectivity index (χ1n) is 5.38. The zero-order valence-corrected chi connectivity index (χ0v) is 13.6. The SMILES string of the molecule is [Ac].c1ccc2c(c1)[N-]CC21CCNCC1. The predicted octanol–water partition coefficient (Wildman–Crippen LogP) is 2.33. The van der Waals surface area contributed by atoms with E-state index in [0.717, 1.165) is 19.6 Å². The van der Waals surface area contributed by atoms with Crippen LogP contribution in [-0.4, -0.2) is 19.6 Å². The van der Waals surface area contributed by atoms with Gasteiger partial charge in [0.25, 0.3) is 0 Å². The van der Waals surface area contributed by atoms with Gasteiger partial charge in [0, 0.05) is 44.1 Å². The molecule has 0 saturated carbocycles. The van der Waals surface area contributed by atoms with Crippen molar-refractivity contribution in [3.8, 4) is 0 Å². The van der Waals surface area contributed by atoms with E-state index in [1.165, 1.54) is 24.1 Å². The molecule has 2 aliphatic heterocycles. The second-order valence-corrected chi connectivity index (χ2v) is 4.36. The molecule has 1 N–H and O–H groups in total. The van der Waals surface area contributed by atoms with Crippen molar-refractivity contribution in [3.63, 3.8) is 0 Å². The smallest absolute Gasteiger partial charge is 0 e. The Balaban J connectivity index is 0.000000853. The zero-order valence-electron chi connectivity index (χ0n) is 8.87. The van der Waals surface area contributed by atoms with Crippen LogP contribution < -0.4 is 5.32 Å². The van der Waals surface area contributed by atoms with Crippen molar-refractivity contribution in [2.75, 3.05) is 19.6 Å². The largest absolute Gasteiger partial charge is 0.683 e. The molecular weight excluding hydrogens is 399 g/mol. The van der Waals surface area contributed by atoms with Crippen molar-refractivity contribution in [2.24, 2.45) is 0 Å². The molecule has 1 aromatic rings. The molecule has 0 atom stereocenters. The van der Waals surface area contributed by atoms with E-state index in [1.54, 1.807) is 0 Å². The molecule has 0 amide bonds. The van der Waals surface area contributed by atoms with Crippen molar-refractivity contribution in [1.29, 1.82) is 0 Å². The Kier molecular flexibility index (Phi) is 3.76. The van der Waals surface area contributed by atoms with Crippen LogP contribution in [0.25, 0.3) is 5.32 Å². The molecule has 2 aliphatic rings. The summed E-state index contributed by atoms with van der Waals surface area (Å²) in [5.41, 5.74) is 3.10. The topological polar surface area (TPSA) is 26.1 Å². The average molecular weight is 414 g/mol. The Morgan fingerprint density at radius 3 is 2.67 bits per heavy atom. The molecule has 1 radical (unpaired) electrons. The summed E-state index contributed by atoms with van der Waals surface area (Å²) in [6.07, 6.45) is 2.49. The monoisotopic (exact) mass is 414 g/mol. The van der Waals surface area contributed by atoms with Gasteiger partial charge in [0.15, 0.2) is 0 Å². The molecule has 3 rings (SSSR count). The van der Waals surface area contributed by atoms with E-state index in [2.05, 4.69) is 34.9 Å². The summed E-state index contributed by atoms with van der Waals surface area (Å²) in [4.78, 5) is 0. The number of rotatable bonds is 0. The first-order chi connectivity index (χ1) is 6.91. The first kappa shape index (κ1) is 11.9. The zero-order chi connectivity index (χ0) is 9.43. The number of hydrogen-bond donors (Lipinski definition) is 1. The number of hydrogen-bond acceptors (Lipinski definition) is 1. The van der Waals surface area contributed by atoms with Crippen LogP contribution in [-0.2, 0) is 5.41 Å². The Morgan fingerprint density at radius 1 is 1.13 bits per heavy atom. The van der Waals surface area contributed by atoms with Gasteiger partial charge >= 0.3 is 0 Å². The molecule has 77 valence electrons. The Morgan fingerprint density at radius 2 is 1.87 bits per heavy atom. The molecule has 0 aromatic heterocycles. The molecule has 2 nitrogen and oxygen atoms in total. The fourth-order valence-corrected chi connectivity index (χ4v) is 2.71. The summed E-state index contributed by atoms with van der Waals surface area (Å²) >= 11 is 0. The number of fused-ring (bicyclic) bond motifs is 2. The number of para-hydroxylation sites is 1. The second-order valence-electron chi connectivity index (χ2n) is 4.36. The van der Waals surface area contributed by atoms with E-state index in [-0.39, 0.29) is 44.1 Å². The van der Waals surface area contributed by atoms with Crippen molar-refractivity contribution >= 4 is 5.69 Å². The maximum absolute atomic E-state index is 4.65. The third-order valence-corrected chi connectivity index (χ3v) is 3.59. The molecule has 0 aliphatic carbocycles. The van der Waals surface area contributed by atoms with Crippen molar-refractivity contribution in [3.05, 3.63) is 35.1 Å². The quantitative estimate of drug-likeness (QED) is 0.693. The third kappa shape index (κ3) is 1.99. The molecule has 1 fully saturated rings. The first-order valence-corrected chi connectivity index (χ1v) is 5.38. The number of piperidine rings is 1. The fourth-order valence-electron chi connectivity index (χ4n) is 2.71.